The molecule has 1 aliphatic rings. The van der Waals surface area contributed by atoms with Gasteiger partial charge in [-0.1, -0.05) is 11.8 Å². The number of hydrogen-bond acceptors (Lipinski definition) is 6. The maximum Gasteiger partial charge on any atom is 0.335 e. The molecule has 10 heteroatoms. The normalized spacial score (nSPS) is 15.1. The van der Waals surface area contributed by atoms with Crippen LogP contribution in [0.25, 0.3) is 17.4 Å². The average molecular weight is 469 g/mol. The first-order valence-corrected chi connectivity index (χ1v) is 10.5. The van der Waals surface area contributed by atoms with Crippen LogP contribution in [0.5, 0.6) is 0 Å². The van der Waals surface area contributed by atoms with Crippen LogP contribution in [0.3, 0.4) is 0 Å². The van der Waals surface area contributed by atoms with Gasteiger partial charge in [0.05, 0.1) is 16.0 Å². The molecule has 0 bridgehead atoms. The van der Waals surface area contributed by atoms with Gasteiger partial charge in [0.1, 0.15) is 11.5 Å². The molecule has 3 aromatic rings. The summed E-state index contributed by atoms with van der Waals surface area (Å²) in [6, 6.07) is 10.7. The molecule has 162 valence electrons. The topological polar surface area (TPSA) is 113 Å². The zero-order valence-electron chi connectivity index (χ0n) is 16.9. The zero-order chi connectivity index (χ0) is 23.2. The lowest BCUT2D eigenvalue weighted by Crippen LogP contribution is -2.39. The molecular weight excluding hydrogens is 452 g/mol. The first-order chi connectivity index (χ1) is 15.2. The number of amides is 1. The van der Waals surface area contributed by atoms with Crippen LogP contribution in [0.2, 0.25) is 0 Å². The Kier molecular flexibility index (Phi) is 5.49. The van der Waals surface area contributed by atoms with E-state index in [1.54, 1.807) is 22.9 Å². The van der Waals surface area contributed by atoms with Crippen molar-refractivity contribution in [1.82, 2.24) is 4.68 Å². The van der Waals surface area contributed by atoms with Crippen LogP contribution in [0.15, 0.2) is 51.8 Å². The van der Waals surface area contributed by atoms with Gasteiger partial charge >= 0.3 is 11.9 Å². The molecule has 2 N–H and O–H groups in total. The number of aryl methyl sites for hydroxylation is 2. The van der Waals surface area contributed by atoms with Gasteiger partial charge in [-0.25, -0.2) is 9.59 Å². The first-order valence-electron chi connectivity index (χ1n) is 9.31. The number of carboxylic acid groups (broad SMARTS) is 2. The Morgan fingerprint density at radius 2 is 1.59 bits per heavy atom. The number of thiocarbonyl (C=S) groups is 1. The third-order valence-electron chi connectivity index (χ3n) is 4.82. The Bertz CT molecular complexity index is 1280. The number of rotatable bonds is 5. The third kappa shape index (κ3) is 3.85. The van der Waals surface area contributed by atoms with E-state index >= 15 is 0 Å². The van der Waals surface area contributed by atoms with Crippen LogP contribution in [0, 0.1) is 13.8 Å². The summed E-state index contributed by atoms with van der Waals surface area (Å²) in [5.74, 6) is -2.17. The van der Waals surface area contributed by atoms with Crippen LogP contribution in [-0.4, -0.2) is 37.1 Å². The van der Waals surface area contributed by atoms with Crippen molar-refractivity contribution in [2.24, 2.45) is 0 Å². The molecule has 1 saturated heterocycles. The number of carbonyl (C=O) groups is 3. The Labute approximate surface area is 191 Å². The van der Waals surface area contributed by atoms with Crippen molar-refractivity contribution in [3.8, 4) is 11.3 Å². The summed E-state index contributed by atoms with van der Waals surface area (Å²) < 4.78 is 7.89. The predicted molar refractivity (Wildman–Crippen MR) is 123 cm³/mol. The molecule has 3 heterocycles. The van der Waals surface area contributed by atoms with Crippen LogP contribution < -0.4 is 5.01 Å². The number of thioether (sulfide) groups is 1. The molecule has 1 amide bonds. The lowest BCUT2D eigenvalue weighted by Gasteiger charge is -2.20. The number of carbonyl (C=O) groups excluding carboxylic acids is 1. The molecule has 0 aliphatic carbocycles. The lowest BCUT2D eigenvalue weighted by molar-refractivity contribution is -0.114. The van der Waals surface area contributed by atoms with E-state index in [9.17, 15) is 24.6 Å². The predicted octanol–water partition coefficient (Wildman–Crippen LogP) is 4.30. The highest BCUT2D eigenvalue weighted by Gasteiger charge is 2.35. The van der Waals surface area contributed by atoms with Crippen molar-refractivity contribution in [2.75, 3.05) is 5.01 Å². The summed E-state index contributed by atoms with van der Waals surface area (Å²) in [6.07, 6.45) is 1.55. The molecule has 0 atom stereocenters. The monoisotopic (exact) mass is 468 g/mol. The molecule has 1 aromatic carbocycles. The molecule has 0 unspecified atom stereocenters. The van der Waals surface area contributed by atoms with Crippen LogP contribution >= 0.6 is 24.0 Å². The van der Waals surface area contributed by atoms with E-state index in [0.717, 1.165) is 29.2 Å². The SMILES string of the molecule is Cc1ccc(C)n1N1C(=O)/C(=C\c2ccc(-c3cc(C(=O)O)cc(C(=O)O)c3)o2)SC1=S. The van der Waals surface area contributed by atoms with Gasteiger partial charge in [-0.3, -0.25) is 9.47 Å². The molecule has 1 aliphatic heterocycles. The number of aromatic carboxylic acids is 2. The van der Waals surface area contributed by atoms with E-state index in [2.05, 4.69) is 0 Å². The molecule has 1 fully saturated rings. The fraction of sp³-hybridized carbons (Fsp3) is 0.0909. The molecule has 0 radical (unpaired) electrons. The van der Waals surface area contributed by atoms with Gasteiger partial charge in [-0.15, -0.1) is 0 Å². The largest absolute Gasteiger partial charge is 0.478 e. The molecule has 32 heavy (non-hydrogen) atoms. The standard InChI is InChI=1S/C22H16N2O6S2/c1-11-3-4-12(2)23(11)24-19(25)18(32-22(24)31)10-16-5-6-17(30-16)13-7-14(20(26)27)9-15(8-13)21(28)29/h3-10H,1-2H3,(H,26,27)(H,28,29)/b18-10+. The van der Waals surface area contributed by atoms with Crippen molar-refractivity contribution in [3.63, 3.8) is 0 Å². The van der Waals surface area contributed by atoms with Crippen molar-refractivity contribution in [3.05, 3.63) is 75.6 Å². The Hall–Kier alpha value is -3.63. The number of benzene rings is 1. The van der Waals surface area contributed by atoms with Crippen molar-refractivity contribution in [2.45, 2.75) is 13.8 Å². The van der Waals surface area contributed by atoms with Gasteiger partial charge in [0.25, 0.3) is 5.91 Å². The minimum atomic E-state index is -1.25. The number of nitrogens with zero attached hydrogens (tertiary/aromatic N) is 2. The summed E-state index contributed by atoms with van der Waals surface area (Å²) in [5, 5.41) is 19.9. The van der Waals surface area contributed by atoms with Crippen molar-refractivity contribution >= 4 is 52.2 Å². The van der Waals surface area contributed by atoms with E-state index in [1.807, 2.05) is 26.0 Å². The molecule has 4 rings (SSSR count). The summed E-state index contributed by atoms with van der Waals surface area (Å²) in [5.41, 5.74) is 1.70. The first kappa shape index (κ1) is 21.6. The van der Waals surface area contributed by atoms with Crippen molar-refractivity contribution in [1.29, 1.82) is 0 Å². The summed E-state index contributed by atoms with van der Waals surface area (Å²) in [4.78, 5) is 36.1. The van der Waals surface area contributed by atoms with Gasteiger partial charge in [0.15, 0.2) is 4.32 Å². The Balaban J connectivity index is 1.67. The molecular formula is C22H16N2O6S2. The fourth-order valence-corrected chi connectivity index (χ4v) is 4.56. The second kappa shape index (κ2) is 8.13. The summed E-state index contributed by atoms with van der Waals surface area (Å²) in [6.45, 7) is 3.76. The van der Waals surface area contributed by atoms with Gasteiger partial charge in [-0.2, -0.15) is 5.01 Å². The number of hydrogen-bond donors (Lipinski definition) is 2. The number of furan rings is 1. The lowest BCUT2D eigenvalue weighted by atomic mass is 10.0. The maximum atomic E-state index is 13.0. The second-order valence-corrected chi connectivity index (χ2v) is 8.71. The van der Waals surface area contributed by atoms with Crippen LogP contribution in [0.4, 0.5) is 0 Å². The summed E-state index contributed by atoms with van der Waals surface area (Å²) >= 11 is 6.54. The van der Waals surface area contributed by atoms with E-state index in [4.69, 9.17) is 16.6 Å². The molecule has 2 aromatic heterocycles. The second-order valence-electron chi connectivity index (χ2n) is 7.03. The highest BCUT2D eigenvalue weighted by atomic mass is 32.2. The molecule has 0 spiro atoms. The van der Waals surface area contributed by atoms with Gasteiger partial charge in [0.2, 0.25) is 0 Å². The third-order valence-corrected chi connectivity index (χ3v) is 6.10. The minimum absolute atomic E-state index is 0.170. The Morgan fingerprint density at radius 3 is 2.16 bits per heavy atom. The van der Waals surface area contributed by atoms with Gasteiger partial charge < -0.3 is 14.6 Å². The highest BCUT2D eigenvalue weighted by molar-refractivity contribution is 8.27. The number of carboxylic acids is 2. The smallest absolute Gasteiger partial charge is 0.335 e. The fourth-order valence-electron chi connectivity index (χ4n) is 3.34. The van der Waals surface area contributed by atoms with Crippen LogP contribution in [0.1, 0.15) is 37.9 Å². The number of aromatic nitrogens is 1. The zero-order valence-corrected chi connectivity index (χ0v) is 18.5. The van der Waals surface area contributed by atoms with E-state index < -0.39 is 11.9 Å². The molecule has 0 saturated carbocycles. The van der Waals surface area contributed by atoms with E-state index in [1.165, 1.54) is 17.1 Å². The van der Waals surface area contributed by atoms with Crippen LogP contribution in [-0.2, 0) is 4.79 Å². The average Bonchev–Trinajstić information content (AvgIpc) is 3.41. The van der Waals surface area contributed by atoms with Gasteiger partial charge in [0, 0.05) is 23.0 Å². The molecule has 8 nitrogen and oxygen atoms in total. The van der Waals surface area contributed by atoms with E-state index in [-0.39, 0.29) is 22.8 Å². The minimum Gasteiger partial charge on any atom is -0.478 e. The quantitative estimate of drug-likeness (QED) is 0.421. The maximum absolute atomic E-state index is 13.0. The summed E-state index contributed by atoms with van der Waals surface area (Å²) in [7, 11) is 0. The highest BCUT2D eigenvalue weighted by Crippen LogP contribution is 2.34. The Morgan fingerprint density at radius 1 is 1.00 bits per heavy atom. The van der Waals surface area contributed by atoms with E-state index in [0.29, 0.717) is 20.5 Å². The van der Waals surface area contributed by atoms with Crippen molar-refractivity contribution < 1.29 is 29.0 Å². The van der Waals surface area contributed by atoms with Gasteiger partial charge in [-0.05, 0) is 68.5 Å².